The number of aliphatic hydroxyl groups is 2. The molecule has 0 saturated heterocycles. The van der Waals surface area contributed by atoms with Crippen molar-refractivity contribution in [2.75, 3.05) is 33.4 Å². The van der Waals surface area contributed by atoms with Gasteiger partial charge in [-0.3, -0.25) is 4.79 Å². The molecule has 8 rings (SSSR count). The van der Waals surface area contributed by atoms with Gasteiger partial charge >= 0.3 is 6.09 Å². The maximum atomic E-state index is 14.9. The van der Waals surface area contributed by atoms with Crippen LogP contribution >= 0.6 is 11.3 Å². The molecule has 1 aromatic carbocycles. The number of amides is 1. The molecule has 3 fully saturated rings. The van der Waals surface area contributed by atoms with E-state index in [1.165, 1.54) is 0 Å². The van der Waals surface area contributed by atoms with Crippen LogP contribution in [-0.2, 0) is 9.47 Å². The lowest BCUT2D eigenvalue weighted by Crippen LogP contribution is -2.67. The molecule has 2 N–H and O–H groups in total. The van der Waals surface area contributed by atoms with E-state index in [-0.39, 0.29) is 41.6 Å². The van der Waals surface area contributed by atoms with E-state index in [9.17, 15) is 19.8 Å². The number of carbonyl (C=O) groups is 2. The van der Waals surface area contributed by atoms with Crippen LogP contribution in [0.15, 0.2) is 54.1 Å². The highest BCUT2D eigenvalue weighted by molar-refractivity contribution is 7.21. The largest absolute Gasteiger partial charge is 0.450 e. The number of carbonyl (C=O) groups excluding carboxylic acids is 2. The molecule has 1 aromatic heterocycles. The van der Waals surface area contributed by atoms with E-state index in [0.29, 0.717) is 32.4 Å². The molecule has 6 aliphatic carbocycles. The first kappa shape index (κ1) is 32.0. The van der Waals surface area contributed by atoms with Gasteiger partial charge in [0.1, 0.15) is 0 Å². The molecule has 248 valence electrons. The molecule has 2 aromatic rings. The topological polar surface area (TPSA) is 96.3 Å². The first-order valence-electron chi connectivity index (χ1n) is 17.2. The summed E-state index contributed by atoms with van der Waals surface area (Å²) in [4.78, 5) is 30.5. The van der Waals surface area contributed by atoms with Crippen LogP contribution in [0, 0.1) is 33.5 Å². The Morgan fingerprint density at radius 2 is 1.78 bits per heavy atom. The van der Waals surface area contributed by atoms with E-state index in [1.54, 1.807) is 30.3 Å². The highest BCUT2D eigenvalue weighted by Crippen LogP contribution is 2.78. The van der Waals surface area contributed by atoms with Crippen molar-refractivity contribution in [3.8, 4) is 0 Å². The molecule has 1 unspecified atom stereocenters. The summed E-state index contributed by atoms with van der Waals surface area (Å²) in [7, 11) is 1.65. The maximum absolute atomic E-state index is 14.9. The minimum atomic E-state index is -1.13. The summed E-state index contributed by atoms with van der Waals surface area (Å²) < 4.78 is 11.8. The number of Topliss-reactive ketones (excluding diaryl/α,β-unsaturated/α-hetero) is 1. The number of thiophene rings is 1. The lowest BCUT2D eigenvalue weighted by molar-refractivity contribution is -0.175. The molecule has 8 heteroatoms. The fraction of sp³-hybridized carbons (Fsp3) is 0.632. The van der Waals surface area contributed by atoms with Gasteiger partial charge in [-0.05, 0) is 93.1 Å². The van der Waals surface area contributed by atoms with Crippen molar-refractivity contribution in [2.45, 2.75) is 83.8 Å². The third-order valence-corrected chi connectivity index (χ3v) is 14.5. The molecule has 2 spiro atoms. The first-order valence-corrected chi connectivity index (χ1v) is 18.1. The average Bonchev–Trinajstić information content (AvgIpc) is 3.59. The minimum absolute atomic E-state index is 0.0228. The van der Waals surface area contributed by atoms with Gasteiger partial charge in [0.05, 0.1) is 29.7 Å². The van der Waals surface area contributed by atoms with Crippen molar-refractivity contribution in [3.63, 3.8) is 0 Å². The number of ketones is 1. The van der Waals surface area contributed by atoms with Gasteiger partial charge in [-0.25, -0.2) is 4.79 Å². The summed E-state index contributed by atoms with van der Waals surface area (Å²) in [5, 5.41) is 24.8. The Balaban J connectivity index is 1.32. The number of nitrogens with zero attached hydrogens (tertiary/aromatic N) is 1. The van der Waals surface area contributed by atoms with Crippen LogP contribution in [0.1, 0.15) is 81.8 Å². The Morgan fingerprint density at radius 3 is 2.54 bits per heavy atom. The van der Waals surface area contributed by atoms with Crippen LogP contribution in [-0.4, -0.2) is 72.1 Å². The second-order valence-corrected chi connectivity index (χ2v) is 16.3. The van der Waals surface area contributed by atoms with E-state index in [2.05, 4.69) is 44.2 Å². The number of aliphatic hydroxyl groups excluding tert-OH is 1. The van der Waals surface area contributed by atoms with Crippen molar-refractivity contribution < 1.29 is 29.3 Å². The fourth-order valence-electron chi connectivity index (χ4n) is 11.0. The summed E-state index contributed by atoms with van der Waals surface area (Å²) in [6.07, 6.45) is 12.2. The monoisotopic (exact) mass is 647 g/mol. The van der Waals surface area contributed by atoms with Crippen LogP contribution in [0.25, 0.3) is 10.1 Å². The minimum Gasteiger partial charge on any atom is -0.450 e. The molecule has 6 aliphatic rings. The summed E-state index contributed by atoms with van der Waals surface area (Å²) in [6.45, 7) is 7.86. The number of hydrogen-bond acceptors (Lipinski definition) is 7. The van der Waals surface area contributed by atoms with E-state index in [0.717, 1.165) is 52.6 Å². The van der Waals surface area contributed by atoms with Crippen molar-refractivity contribution in [1.29, 1.82) is 0 Å². The quantitative estimate of drug-likeness (QED) is 0.170. The fourth-order valence-corrected chi connectivity index (χ4v) is 12.0. The molecular weight excluding hydrogens is 598 g/mol. The van der Waals surface area contributed by atoms with E-state index >= 15 is 0 Å². The maximum Gasteiger partial charge on any atom is 0.409 e. The Bertz CT molecular complexity index is 1570. The van der Waals surface area contributed by atoms with Crippen LogP contribution in [0.2, 0.25) is 0 Å². The highest BCUT2D eigenvalue weighted by atomic mass is 32.1. The molecule has 3 saturated carbocycles. The van der Waals surface area contributed by atoms with Crippen molar-refractivity contribution in [2.24, 2.45) is 33.5 Å². The van der Waals surface area contributed by atoms with Gasteiger partial charge < -0.3 is 24.6 Å². The molecule has 1 heterocycles. The molecule has 2 bridgehead atoms. The first-order chi connectivity index (χ1) is 22.0. The number of benzene rings is 1. The van der Waals surface area contributed by atoms with Gasteiger partial charge in [0.2, 0.25) is 0 Å². The smallest absolute Gasteiger partial charge is 0.409 e. The zero-order valence-corrected chi connectivity index (χ0v) is 28.5. The van der Waals surface area contributed by atoms with Crippen LogP contribution in [0.3, 0.4) is 0 Å². The lowest BCUT2D eigenvalue weighted by Gasteiger charge is -2.71. The zero-order chi connectivity index (χ0) is 32.5. The van der Waals surface area contributed by atoms with Crippen LogP contribution in [0.5, 0.6) is 0 Å². The standard InChI is InChI=1S/C38H49NO6S/c1-5-45-33(42)39(19-8-20-44-4)24-37(43)16-13-31-35(37,3)15-12-30-34(2)14-11-26(40)22-36(34)17-18-38(30,31)27(23-36)32(41)29-21-25-9-6-7-10-28(25)46-29/h6-7,9-10,17-18,21,23,26,30-31,40,43H,5,8,11-16,19-20,22,24H2,1-4H3/t26?,30-,31-,34-,35+,36+,37-,38-/m1/s1. The van der Waals surface area contributed by atoms with Crippen LogP contribution in [0.4, 0.5) is 4.79 Å². The number of methoxy groups -OCH3 is 1. The molecule has 7 nitrogen and oxygen atoms in total. The normalized spacial score (nSPS) is 39.0. The van der Waals surface area contributed by atoms with E-state index in [4.69, 9.17) is 9.47 Å². The lowest BCUT2D eigenvalue weighted by atomic mass is 9.32. The third kappa shape index (κ3) is 4.39. The molecular formula is C38H49NO6S. The van der Waals surface area contributed by atoms with E-state index < -0.39 is 28.6 Å². The van der Waals surface area contributed by atoms with Crippen molar-refractivity contribution >= 4 is 33.3 Å². The van der Waals surface area contributed by atoms with Gasteiger partial charge in [0, 0.05) is 46.8 Å². The molecule has 1 amide bonds. The average molecular weight is 648 g/mol. The molecule has 0 radical (unpaired) electrons. The molecule has 8 atom stereocenters. The third-order valence-electron chi connectivity index (χ3n) is 13.4. The SMILES string of the molecule is CCOC(=O)N(CCCOC)C[C@]1(O)CC[C@H]2[C@]34C=C[C@@]5(C=C3C(=O)c3cc6ccccc6s3)CC(O)CC[C@]5(C)[C@H]4CC[C@@]21C. The van der Waals surface area contributed by atoms with Gasteiger partial charge in [-0.15, -0.1) is 11.3 Å². The van der Waals surface area contributed by atoms with Crippen LogP contribution < -0.4 is 0 Å². The Labute approximate surface area is 276 Å². The van der Waals surface area contributed by atoms with Crippen molar-refractivity contribution in [1.82, 2.24) is 4.90 Å². The molecule has 0 aliphatic heterocycles. The van der Waals surface area contributed by atoms with Gasteiger partial charge in [-0.1, -0.05) is 50.3 Å². The zero-order valence-electron chi connectivity index (χ0n) is 27.7. The van der Waals surface area contributed by atoms with Gasteiger partial charge in [0.25, 0.3) is 0 Å². The predicted octanol–water partition coefficient (Wildman–Crippen LogP) is 7.17. The molecule has 46 heavy (non-hydrogen) atoms. The summed E-state index contributed by atoms with van der Waals surface area (Å²) in [6, 6.07) is 10.2. The van der Waals surface area contributed by atoms with Gasteiger partial charge in [0.15, 0.2) is 5.78 Å². The number of rotatable bonds is 9. The van der Waals surface area contributed by atoms with Crippen molar-refractivity contribution in [3.05, 3.63) is 59.0 Å². The summed E-state index contributed by atoms with van der Waals surface area (Å²) >= 11 is 1.56. The van der Waals surface area contributed by atoms with Gasteiger partial charge in [-0.2, -0.15) is 0 Å². The Kier molecular flexibility index (Phi) is 7.86. The number of fused-ring (bicyclic) bond motifs is 2. The summed E-state index contributed by atoms with van der Waals surface area (Å²) in [5.74, 6) is 0.332. The summed E-state index contributed by atoms with van der Waals surface area (Å²) in [5.41, 5.74) is -1.80. The highest BCUT2D eigenvalue weighted by Gasteiger charge is 2.74. The van der Waals surface area contributed by atoms with E-state index in [1.807, 2.05) is 18.2 Å². The Morgan fingerprint density at radius 1 is 1.04 bits per heavy atom. The number of ether oxygens (including phenoxy) is 2. The Hall–Kier alpha value is -2.52. The number of allylic oxidation sites excluding steroid dienone is 4. The number of hydrogen-bond donors (Lipinski definition) is 2. The second kappa shape index (κ2) is 11.3. The predicted molar refractivity (Wildman–Crippen MR) is 180 cm³/mol. The second-order valence-electron chi connectivity index (χ2n) is 15.3.